The number of hydrogen-bond donors (Lipinski definition) is 0. The van der Waals surface area contributed by atoms with E-state index in [1.54, 1.807) is 0 Å². The molecule has 0 atom stereocenters. The van der Waals surface area contributed by atoms with Crippen LogP contribution in [0.4, 0.5) is 11.4 Å². The topological polar surface area (TPSA) is 3.24 Å². The van der Waals surface area contributed by atoms with Gasteiger partial charge >= 0.3 is 0 Å². The number of halogens is 1. The van der Waals surface area contributed by atoms with Gasteiger partial charge in [0.15, 0.2) is 0 Å². The molecule has 0 radical (unpaired) electrons. The average molecular weight is 354 g/mol. The molecule has 112 valence electrons. The lowest BCUT2D eigenvalue weighted by molar-refractivity contribution is 0.669. The Balaban J connectivity index is 2.16. The van der Waals surface area contributed by atoms with E-state index in [-0.39, 0.29) is 5.41 Å². The first-order valence-electron chi connectivity index (χ1n) is 7.55. The Morgan fingerprint density at radius 3 is 2.45 bits per heavy atom. The number of anilines is 2. The maximum absolute atomic E-state index is 3.52. The maximum Gasteiger partial charge on any atom is 0.0454 e. The van der Waals surface area contributed by atoms with Crippen LogP contribution in [0.1, 0.15) is 19.4 Å². The summed E-state index contributed by atoms with van der Waals surface area (Å²) in [6.07, 6.45) is 8.77. The summed E-state index contributed by atoms with van der Waals surface area (Å²) < 4.78 is 1.10. The van der Waals surface area contributed by atoms with E-state index in [0.717, 1.165) is 11.0 Å². The first-order valence-corrected chi connectivity index (χ1v) is 8.34. The Bertz CT molecular complexity index is 711. The minimum atomic E-state index is -0.00110. The van der Waals surface area contributed by atoms with Crippen molar-refractivity contribution >= 4 is 27.3 Å². The number of allylic oxidation sites excluding steroid dienone is 3. The Morgan fingerprint density at radius 1 is 0.955 bits per heavy atom. The number of para-hydroxylation sites is 1. The molecule has 22 heavy (non-hydrogen) atoms. The zero-order valence-electron chi connectivity index (χ0n) is 13.0. The molecule has 2 heteroatoms. The average Bonchev–Trinajstić information content (AvgIpc) is 2.57. The van der Waals surface area contributed by atoms with Crippen molar-refractivity contribution in [2.45, 2.75) is 19.3 Å². The summed E-state index contributed by atoms with van der Waals surface area (Å²) in [4.78, 5) is 2.37. The van der Waals surface area contributed by atoms with E-state index in [0.29, 0.717) is 0 Å². The third-order valence-electron chi connectivity index (χ3n) is 4.08. The minimum Gasteiger partial charge on any atom is -0.337 e. The van der Waals surface area contributed by atoms with Crippen molar-refractivity contribution in [3.8, 4) is 0 Å². The van der Waals surface area contributed by atoms with Crippen LogP contribution in [0.25, 0.3) is 0 Å². The molecule has 0 fully saturated rings. The fourth-order valence-corrected chi connectivity index (χ4v) is 3.11. The Hall–Kier alpha value is -1.80. The number of rotatable bonds is 1. The van der Waals surface area contributed by atoms with E-state index in [9.17, 15) is 0 Å². The second-order valence-electron chi connectivity index (χ2n) is 6.11. The molecule has 1 aliphatic heterocycles. The van der Waals surface area contributed by atoms with Gasteiger partial charge in [-0.25, -0.2) is 0 Å². The van der Waals surface area contributed by atoms with Crippen LogP contribution in [0.3, 0.4) is 0 Å². The molecule has 0 aliphatic carbocycles. The Kier molecular flexibility index (Phi) is 4.21. The normalized spacial score (nSPS) is 19.5. The highest BCUT2D eigenvalue weighted by atomic mass is 79.9. The van der Waals surface area contributed by atoms with Gasteiger partial charge in [-0.15, -0.1) is 0 Å². The van der Waals surface area contributed by atoms with E-state index in [2.05, 4.69) is 108 Å². The van der Waals surface area contributed by atoms with Crippen LogP contribution >= 0.6 is 15.9 Å². The molecule has 1 heterocycles. The second-order valence-corrected chi connectivity index (χ2v) is 7.03. The van der Waals surface area contributed by atoms with Crippen molar-refractivity contribution < 1.29 is 0 Å². The Morgan fingerprint density at radius 2 is 1.68 bits per heavy atom. The number of nitrogens with zero attached hydrogens (tertiary/aromatic N) is 1. The van der Waals surface area contributed by atoms with Gasteiger partial charge < -0.3 is 4.90 Å². The summed E-state index contributed by atoms with van der Waals surface area (Å²) in [5.74, 6) is 0. The van der Waals surface area contributed by atoms with Gasteiger partial charge in [0.1, 0.15) is 0 Å². The van der Waals surface area contributed by atoms with Crippen molar-refractivity contribution in [3.05, 3.63) is 82.9 Å². The van der Waals surface area contributed by atoms with E-state index in [4.69, 9.17) is 0 Å². The van der Waals surface area contributed by atoms with Gasteiger partial charge in [0, 0.05) is 27.8 Å². The maximum atomic E-state index is 3.52. The highest BCUT2D eigenvalue weighted by Crippen LogP contribution is 2.37. The number of benzene rings is 2. The summed E-state index contributed by atoms with van der Waals surface area (Å²) >= 11 is 3.52. The third-order valence-corrected chi connectivity index (χ3v) is 4.60. The van der Waals surface area contributed by atoms with Crippen molar-refractivity contribution in [1.82, 2.24) is 0 Å². The molecule has 0 amide bonds. The fourth-order valence-electron chi connectivity index (χ4n) is 2.85. The molecule has 0 bridgehead atoms. The molecule has 0 N–H and O–H groups in total. The summed E-state index contributed by atoms with van der Waals surface area (Å²) in [6.45, 7) is 5.39. The van der Waals surface area contributed by atoms with Crippen molar-refractivity contribution in [3.63, 3.8) is 0 Å². The van der Waals surface area contributed by atoms with Gasteiger partial charge in [0.2, 0.25) is 0 Å². The van der Waals surface area contributed by atoms with Gasteiger partial charge in [0.05, 0.1) is 0 Å². The van der Waals surface area contributed by atoms with Crippen LogP contribution in [0.2, 0.25) is 0 Å². The Labute approximate surface area is 141 Å². The van der Waals surface area contributed by atoms with Crippen molar-refractivity contribution in [1.29, 1.82) is 0 Å². The van der Waals surface area contributed by atoms with Gasteiger partial charge in [-0.1, -0.05) is 72.3 Å². The highest BCUT2D eigenvalue weighted by Gasteiger charge is 2.23. The van der Waals surface area contributed by atoms with Crippen LogP contribution < -0.4 is 4.90 Å². The largest absolute Gasteiger partial charge is 0.337 e. The van der Waals surface area contributed by atoms with Crippen molar-refractivity contribution in [2.24, 2.45) is 0 Å². The van der Waals surface area contributed by atoms with Crippen LogP contribution in [0.5, 0.6) is 0 Å². The molecule has 2 aromatic carbocycles. The molecular weight excluding hydrogens is 334 g/mol. The lowest BCUT2D eigenvalue weighted by Gasteiger charge is -2.31. The molecule has 0 spiro atoms. The lowest BCUT2D eigenvalue weighted by Crippen LogP contribution is -2.22. The molecule has 3 rings (SSSR count). The predicted molar refractivity (Wildman–Crippen MR) is 98.9 cm³/mol. The standard InChI is InChI=1S/C20H20BrN/c1-20(2)14-6-3-7-15-22(17-12-10-16(21)11-13-17)19-9-5-4-8-18(19)20/h3-14H,15H2,1-2H3/b7-3-,14-6-. The van der Waals surface area contributed by atoms with Gasteiger partial charge in [-0.2, -0.15) is 0 Å². The third kappa shape index (κ3) is 3.02. The molecule has 0 aromatic heterocycles. The van der Waals surface area contributed by atoms with E-state index in [1.165, 1.54) is 16.9 Å². The predicted octanol–water partition coefficient (Wildman–Crippen LogP) is 5.99. The molecular formula is C20H20BrN. The molecule has 1 nitrogen and oxygen atoms in total. The van der Waals surface area contributed by atoms with Crippen LogP contribution in [-0.2, 0) is 5.41 Å². The first kappa shape index (κ1) is 15.1. The molecule has 0 unspecified atom stereocenters. The summed E-state index contributed by atoms with van der Waals surface area (Å²) in [5.41, 5.74) is 3.82. The zero-order valence-corrected chi connectivity index (χ0v) is 14.5. The smallest absolute Gasteiger partial charge is 0.0454 e. The summed E-state index contributed by atoms with van der Waals surface area (Å²) in [5, 5.41) is 0. The van der Waals surface area contributed by atoms with Crippen LogP contribution in [0, 0.1) is 0 Å². The van der Waals surface area contributed by atoms with Gasteiger partial charge in [-0.3, -0.25) is 0 Å². The minimum absolute atomic E-state index is 0.00110. The van der Waals surface area contributed by atoms with E-state index < -0.39 is 0 Å². The summed E-state index contributed by atoms with van der Waals surface area (Å²) in [7, 11) is 0. The van der Waals surface area contributed by atoms with E-state index >= 15 is 0 Å². The SMILES string of the molecule is CC1(C)/C=C\C=C/CN(c2ccc(Br)cc2)c2ccccc21. The summed E-state index contributed by atoms with van der Waals surface area (Å²) in [6, 6.07) is 17.2. The van der Waals surface area contributed by atoms with Gasteiger partial charge in [-0.05, 0) is 35.9 Å². The highest BCUT2D eigenvalue weighted by molar-refractivity contribution is 9.10. The molecule has 1 aliphatic rings. The molecule has 2 aromatic rings. The fraction of sp³-hybridized carbons (Fsp3) is 0.200. The van der Waals surface area contributed by atoms with Crippen LogP contribution in [-0.4, -0.2) is 6.54 Å². The van der Waals surface area contributed by atoms with E-state index in [1.807, 2.05) is 0 Å². The second kappa shape index (κ2) is 6.13. The van der Waals surface area contributed by atoms with Crippen molar-refractivity contribution in [2.75, 3.05) is 11.4 Å². The quantitative estimate of drug-likeness (QED) is 0.608. The number of hydrogen-bond acceptors (Lipinski definition) is 1. The number of fused-ring (bicyclic) bond motifs is 1. The molecule has 0 saturated heterocycles. The first-order chi connectivity index (χ1) is 10.6. The van der Waals surface area contributed by atoms with Gasteiger partial charge in [0.25, 0.3) is 0 Å². The van der Waals surface area contributed by atoms with Crippen LogP contribution in [0.15, 0.2) is 77.3 Å². The monoisotopic (exact) mass is 353 g/mol. The zero-order chi connectivity index (χ0) is 15.6. The molecule has 0 saturated carbocycles. The lowest BCUT2D eigenvalue weighted by atomic mass is 9.83.